The van der Waals surface area contributed by atoms with Crippen LogP contribution in [-0.2, 0) is 18.9 Å². The molecule has 2 N–H and O–H groups in total. The highest BCUT2D eigenvalue weighted by Crippen LogP contribution is 2.46. The van der Waals surface area contributed by atoms with E-state index in [1.807, 2.05) is 29.8 Å². The molecule has 4 aromatic rings. The lowest BCUT2D eigenvalue weighted by Crippen LogP contribution is -2.54. The maximum Gasteiger partial charge on any atom is 0.433 e. The van der Waals surface area contributed by atoms with Gasteiger partial charge >= 0.3 is 6.18 Å². The first kappa shape index (κ1) is 25.0. The Bertz CT molecular complexity index is 1490. The van der Waals surface area contributed by atoms with E-state index < -0.39 is 17.5 Å². The van der Waals surface area contributed by atoms with Crippen LogP contribution in [0.2, 0.25) is 0 Å². The monoisotopic (exact) mass is 525 g/mol. The summed E-state index contributed by atoms with van der Waals surface area (Å²) in [4.78, 5) is 3.96. The largest absolute Gasteiger partial charge is 0.433 e. The Hall–Kier alpha value is -3.31. The third-order valence-corrected chi connectivity index (χ3v) is 8.08. The number of aliphatic hydroxyl groups excluding tert-OH is 1. The van der Waals surface area contributed by atoms with Gasteiger partial charge in [-0.3, -0.25) is 5.32 Å². The molecule has 1 fully saturated rings. The first-order valence-electron chi connectivity index (χ1n) is 13.0. The van der Waals surface area contributed by atoms with Crippen molar-refractivity contribution < 1.29 is 18.3 Å². The lowest BCUT2D eigenvalue weighted by atomic mass is 9.76. The Morgan fingerprint density at radius 3 is 2.66 bits per heavy atom. The van der Waals surface area contributed by atoms with Gasteiger partial charge < -0.3 is 9.67 Å². The van der Waals surface area contributed by atoms with Crippen LogP contribution in [0.3, 0.4) is 0 Å². The number of aliphatic hydroxyl groups is 1. The van der Waals surface area contributed by atoms with Crippen molar-refractivity contribution in [1.82, 2.24) is 34.8 Å². The fraction of sp³-hybridized carbons (Fsp3) is 0.481. The molecule has 8 nitrogen and oxygen atoms in total. The van der Waals surface area contributed by atoms with Gasteiger partial charge in [0, 0.05) is 30.5 Å². The number of benzene rings is 1. The molecule has 1 saturated carbocycles. The second kappa shape index (κ2) is 9.16. The SMILES string of the molecule is Cn1cnnc1[C@@H](c1cccc(-c2nn3c4c(nc(C(F)(F)F)cc24)C3(C)NCCO)c1)C1CCCCC1. The van der Waals surface area contributed by atoms with Gasteiger partial charge in [0.1, 0.15) is 29.2 Å². The van der Waals surface area contributed by atoms with Crippen molar-refractivity contribution in [2.24, 2.45) is 13.0 Å². The molecule has 0 amide bonds. The van der Waals surface area contributed by atoms with Gasteiger partial charge in [-0.15, -0.1) is 10.2 Å². The summed E-state index contributed by atoms with van der Waals surface area (Å²) < 4.78 is 45.2. The molecule has 1 aromatic carbocycles. The molecule has 2 aliphatic rings. The summed E-state index contributed by atoms with van der Waals surface area (Å²) in [6, 6.07) is 9.03. The van der Waals surface area contributed by atoms with Gasteiger partial charge in [0.05, 0.1) is 12.1 Å². The molecule has 1 aliphatic heterocycles. The van der Waals surface area contributed by atoms with E-state index in [-0.39, 0.29) is 24.8 Å². The van der Waals surface area contributed by atoms with Crippen LogP contribution in [0.4, 0.5) is 13.2 Å². The second-order valence-corrected chi connectivity index (χ2v) is 10.5. The number of aromatic nitrogens is 6. The minimum Gasteiger partial charge on any atom is -0.395 e. The van der Waals surface area contributed by atoms with E-state index in [1.54, 1.807) is 17.9 Å². The molecule has 3 aromatic heterocycles. The molecule has 4 heterocycles. The lowest BCUT2D eigenvalue weighted by Gasteiger charge is -2.39. The van der Waals surface area contributed by atoms with E-state index in [9.17, 15) is 18.3 Å². The van der Waals surface area contributed by atoms with Gasteiger partial charge in [-0.25, -0.2) is 9.67 Å². The predicted octanol–water partition coefficient (Wildman–Crippen LogP) is 4.57. The first-order chi connectivity index (χ1) is 18.2. The van der Waals surface area contributed by atoms with E-state index >= 15 is 0 Å². The zero-order chi connectivity index (χ0) is 26.7. The summed E-state index contributed by atoms with van der Waals surface area (Å²) in [6.07, 6.45) is 2.87. The highest BCUT2D eigenvalue weighted by Gasteiger charge is 2.47. The third-order valence-electron chi connectivity index (χ3n) is 8.08. The van der Waals surface area contributed by atoms with Crippen LogP contribution < -0.4 is 5.32 Å². The van der Waals surface area contributed by atoms with Crippen LogP contribution >= 0.6 is 0 Å². The minimum absolute atomic E-state index is 0.0284. The highest BCUT2D eigenvalue weighted by molar-refractivity contribution is 5.98. The number of rotatable bonds is 7. The van der Waals surface area contributed by atoms with E-state index in [2.05, 4.69) is 26.6 Å². The summed E-state index contributed by atoms with van der Waals surface area (Å²) in [5.41, 5.74) is 1.13. The van der Waals surface area contributed by atoms with Crippen LogP contribution in [0.25, 0.3) is 22.2 Å². The van der Waals surface area contributed by atoms with E-state index in [4.69, 9.17) is 5.10 Å². The van der Waals surface area contributed by atoms with Crippen LogP contribution in [0, 0.1) is 5.92 Å². The molecule has 0 saturated heterocycles. The Kier molecular flexibility index (Phi) is 6.03. The second-order valence-electron chi connectivity index (χ2n) is 10.5. The zero-order valence-electron chi connectivity index (χ0n) is 21.3. The smallest absolute Gasteiger partial charge is 0.395 e. The molecule has 2 atom stereocenters. The topological polar surface area (TPSA) is 93.7 Å². The van der Waals surface area contributed by atoms with Crippen LogP contribution in [-0.4, -0.2) is 47.8 Å². The van der Waals surface area contributed by atoms with E-state index in [0.29, 0.717) is 22.5 Å². The van der Waals surface area contributed by atoms with Crippen molar-refractivity contribution in [3.05, 3.63) is 59.4 Å². The first-order valence-corrected chi connectivity index (χ1v) is 13.0. The Balaban J connectivity index is 1.49. The average molecular weight is 526 g/mol. The summed E-state index contributed by atoms with van der Waals surface area (Å²) in [7, 11) is 1.94. The molecule has 38 heavy (non-hydrogen) atoms. The highest BCUT2D eigenvalue weighted by atomic mass is 19.4. The number of nitrogens with zero attached hydrogens (tertiary/aromatic N) is 6. The molecule has 6 rings (SSSR count). The summed E-state index contributed by atoms with van der Waals surface area (Å²) in [6.45, 7) is 1.77. The number of hydrogen-bond donors (Lipinski definition) is 2. The van der Waals surface area contributed by atoms with Crippen LogP contribution in [0.15, 0.2) is 36.7 Å². The number of alkyl halides is 3. The van der Waals surface area contributed by atoms with E-state index in [0.717, 1.165) is 35.9 Å². The van der Waals surface area contributed by atoms with Crippen molar-refractivity contribution in [2.45, 2.75) is 56.8 Å². The van der Waals surface area contributed by atoms with Crippen molar-refractivity contribution in [2.75, 3.05) is 13.2 Å². The summed E-state index contributed by atoms with van der Waals surface area (Å²) in [5, 5.41) is 26.2. The number of pyridine rings is 1. The fourth-order valence-corrected chi connectivity index (χ4v) is 6.22. The lowest BCUT2D eigenvalue weighted by molar-refractivity contribution is -0.141. The number of hydrogen-bond acceptors (Lipinski definition) is 6. The summed E-state index contributed by atoms with van der Waals surface area (Å²) >= 11 is 0. The van der Waals surface area contributed by atoms with Crippen molar-refractivity contribution >= 4 is 10.9 Å². The van der Waals surface area contributed by atoms with Gasteiger partial charge in [0.15, 0.2) is 5.66 Å². The zero-order valence-corrected chi connectivity index (χ0v) is 21.3. The van der Waals surface area contributed by atoms with Gasteiger partial charge in [0.25, 0.3) is 0 Å². The number of halogens is 3. The maximum atomic E-state index is 13.9. The maximum absolute atomic E-state index is 13.9. The molecule has 0 spiro atoms. The van der Waals surface area contributed by atoms with Gasteiger partial charge in [-0.1, -0.05) is 37.5 Å². The molecular weight excluding hydrogens is 495 g/mol. The molecule has 1 unspecified atom stereocenters. The van der Waals surface area contributed by atoms with Gasteiger partial charge in [-0.05, 0) is 43.4 Å². The van der Waals surface area contributed by atoms with Crippen LogP contribution in [0.5, 0.6) is 0 Å². The van der Waals surface area contributed by atoms with Gasteiger partial charge in [-0.2, -0.15) is 18.3 Å². The fourth-order valence-electron chi connectivity index (χ4n) is 6.22. The van der Waals surface area contributed by atoms with Crippen molar-refractivity contribution in [3.8, 4) is 11.3 Å². The third kappa shape index (κ3) is 3.90. The minimum atomic E-state index is -4.60. The quantitative estimate of drug-likeness (QED) is 0.367. The number of nitrogens with one attached hydrogen (secondary N) is 1. The molecule has 0 bridgehead atoms. The normalized spacial score (nSPS) is 20.6. The predicted molar refractivity (Wildman–Crippen MR) is 135 cm³/mol. The molecular formula is C27H30F3N7O. The molecule has 0 radical (unpaired) electrons. The Labute approximate surface area is 217 Å². The summed E-state index contributed by atoms with van der Waals surface area (Å²) in [5.74, 6) is 1.33. The van der Waals surface area contributed by atoms with Crippen molar-refractivity contribution in [3.63, 3.8) is 0 Å². The Morgan fingerprint density at radius 2 is 1.97 bits per heavy atom. The number of aryl methyl sites for hydroxylation is 1. The molecule has 200 valence electrons. The van der Waals surface area contributed by atoms with Crippen LogP contribution in [0.1, 0.15) is 67.7 Å². The average Bonchev–Trinajstić information content (AvgIpc) is 3.50. The standard InChI is InChI=1S/C27H30F3N7O/c1-26(31-11-12-38)24-23-19(14-20(33-24)27(28,29)30)22(35-37(23)26)18-10-6-9-17(13-18)21(16-7-4-3-5-8-16)25-34-32-15-36(25)2/h6,9-10,13-16,21,31,38H,3-5,7-8,11-12H2,1-2H3/t21-,26?/m1/s1. The van der Waals surface area contributed by atoms with Gasteiger partial charge in [0.2, 0.25) is 0 Å². The van der Waals surface area contributed by atoms with E-state index in [1.165, 1.54) is 19.3 Å². The molecule has 11 heteroatoms. The Morgan fingerprint density at radius 1 is 1.18 bits per heavy atom. The van der Waals surface area contributed by atoms with Crippen molar-refractivity contribution in [1.29, 1.82) is 0 Å². The molecule has 1 aliphatic carbocycles.